The predicted molar refractivity (Wildman–Crippen MR) is 110 cm³/mol. The molecule has 0 atom stereocenters. The van der Waals surface area contributed by atoms with E-state index < -0.39 is 10.0 Å². The summed E-state index contributed by atoms with van der Waals surface area (Å²) in [5.41, 5.74) is 2.22. The average Bonchev–Trinajstić information content (AvgIpc) is 3.19. The lowest BCUT2D eigenvalue weighted by Gasteiger charge is -2.11. The van der Waals surface area contributed by atoms with Crippen LogP contribution < -0.4 is 9.46 Å². The smallest absolute Gasteiger partial charge is 0.234 e. The SMILES string of the molecule is COc1cc(-c2ccc3ncc(NS(=O)(=O)CC4CCCC4)nc3n2)ccc1O. The van der Waals surface area contributed by atoms with Gasteiger partial charge in [-0.15, -0.1) is 0 Å². The molecular formula is C20H22N4O4S. The summed E-state index contributed by atoms with van der Waals surface area (Å²) in [4.78, 5) is 13.1. The zero-order chi connectivity index (χ0) is 20.4. The van der Waals surface area contributed by atoms with Gasteiger partial charge in [0.05, 0.1) is 24.8 Å². The summed E-state index contributed by atoms with van der Waals surface area (Å²) in [6, 6.07) is 8.46. The van der Waals surface area contributed by atoms with Crippen molar-refractivity contribution < 1.29 is 18.3 Å². The van der Waals surface area contributed by atoms with Crippen LogP contribution in [0, 0.1) is 5.92 Å². The Hall–Kier alpha value is -2.94. The maximum absolute atomic E-state index is 12.4. The fourth-order valence-corrected chi connectivity index (χ4v) is 5.09. The molecule has 4 rings (SSSR count). The summed E-state index contributed by atoms with van der Waals surface area (Å²) in [5.74, 6) is 0.839. The molecule has 0 saturated heterocycles. The number of rotatable bonds is 6. The molecule has 0 bridgehead atoms. The Morgan fingerprint density at radius 2 is 1.97 bits per heavy atom. The van der Waals surface area contributed by atoms with Gasteiger partial charge in [0.25, 0.3) is 0 Å². The van der Waals surface area contributed by atoms with Crippen LogP contribution in [0.2, 0.25) is 0 Å². The van der Waals surface area contributed by atoms with Gasteiger partial charge in [-0.1, -0.05) is 12.8 Å². The molecule has 2 heterocycles. The summed E-state index contributed by atoms with van der Waals surface area (Å²) in [7, 11) is -2.01. The molecule has 2 aromatic heterocycles. The standard InChI is InChI=1S/C20H22N4O4S/c1-28-18-10-14(6-9-17(18)25)15-7-8-16-20(22-15)23-19(11-21-16)24-29(26,27)12-13-4-2-3-5-13/h6-11,13,25H,2-5,12H2,1H3,(H,22,23,24). The van der Waals surface area contributed by atoms with Crippen molar-refractivity contribution >= 4 is 27.0 Å². The van der Waals surface area contributed by atoms with Crippen molar-refractivity contribution in [2.24, 2.45) is 5.92 Å². The van der Waals surface area contributed by atoms with Crippen molar-refractivity contribution in [3.8, 4) is 22.8 Å². The van der Waals surface area contributed by atoms with Gasteiger partial charge in [0, 0.05) is 5.56 Å². The molecule has 1 aromatic carbocycles. The van der Waals surface area contributed by atoms with Gasteiger partial charge < -0.3 is 9.84 Å². The number of benzene rings is 1. The number of anilines is 1. The molecule has 0 amide bonds. The van der Waals surface area contributed by atoms with Crippen molar-refractivity contribution in [2.75, 3.05) is 17.6 Å². The number of nitrogens with one attached hydrogen (secondary N) is 1. The van der Waals surface area contributed by atoms with Crippen LogP contribution in [0.3, 0.4) is 0 Å². The second-order valence-electron chi connectivity index (χ2n) is 7.22. The molecule has 2 N–H and O–H groups in total. The van der Waals surface area contributed by atoms with Gasteiger partial charge in [-0.25, -0.2) is 23.4 Å². The number of fused-ring (bicyclic) bond motifs is 1. The molecule has 152 valence electrons. The lowest BCUT2D eigenvalue weighted by molar-refractivity contribution is 0.373. The highest BCUT2D eigenvalue weighted by molar-refractivity contribution is 7.92. The fraction of sp³-hybridized carbons (Fsp3) is 0.350. The summed E-state index contributed by atoms with van der Waals surface area (Å²) in [6.45, 7) is 0. The van der Waals surface area contributed by atoms with E-state index in [1.807, 2.05) is 0 Å². The number of sulfonamides is 1. The first-order valence-electron chi connectivity index (χ1n) is 9.45. The predicted octanol–water partition coefficient (Wildman–Crippen LogP) is 3.34. The monoisotopic (exact) mass is 414 g/mol. The molecule has 3 aromatic rings. The van der Waals surface area contributed by atoms with Crippen molar-refractivity contribution in [1.82, 2.24) is 15.0 Å². The largest absolute Gasteiger partial charge is 0.504 e. The van der Waals surface area contributed by atoms with Gasteiger partial charge >= 0.3 is 0 Å². The molecule has 1 fully saturated rings. The van der Waals surface area contributed by atoms with Crippen LogP contribution in [0.25, 0.3) is 22.4 Å². The topological polar surface area (TPSA) is 114 Å². The van der Waals surface area contributed by atoms with E-state index in [-0.39, 0.29) is 23.2 Å². The number of nitrogens with zero attached hydrogens (tertiary/aromatic N) is 3. The highest BCUT2D eigenvalue weighted by Crippen LogP contribution is 2.31. The van der Waals surface area contributed by atoms with Gasteiger partial charge in [-0.3, -0.25) is 4.72 Å². The number of methoxy groups -OCH3 is 1. The Balaban J connectivity index is 1.61. The summed E-state index contributed by atoms with van der Waals surface area (Å²) in [6.07, 6.45) is 5.48. The molecule has 0 spiro atoms. The molecule has 1 saturated carbocycles. The summed E-state index contributed by atoms with van der Waals surface area (Å²) >= 11 is 0. The van der Waals surface area contributed by atoms with E-state index in [4.69, 9.17) is 4.74 Å². The fourth-order valence-electron chi connectivity index (χ4n) is 3.63. The molecule has 1 aliphatic carbocycles. The molecule has 1 aliphatic rings. The van der Waals surface area contributed by atoms with E-state index >= 15 is 0 Å². The van der Waals surface area contributed by atoms with Crippen molar-refractivity contribution in [3.05, 3.63) is 36.5 Å². The highest BCUT2D eigenvalue weighted by atomic mass is 32.2. The van der Waals surface area contributed by atoms with Crippen molar-refractivity contribution in [1.29, 1.82) is 0 Å². The first-order valence-corrected chi connectivity index (χ1v) is 11.1. The van der Waals surface area contributed by atoms with E-state index in [9.17, 15) is 13.5 Å². The van der Waals surface area contributed by atoms with Crippen LogP contribution in [-0.2, 0) is 10.0 Å². The minimum Gasteiger partial charge on any atom is -0.504 e. The van der Waals surface area contributed by atoms with E-state index in [0.29, 0.717) is 22.6 Å². The second kappa shape index (κ2) is 7.82. The zero-order valence-corrected chi connectivity index (χ0v) is 16.8. The Labute approximate surface area is 169 Å². The lowest BCUT2D eigenvalue weighted by Crippen LogP contribution is -2.22. The van der Waals surface area contributed by atoms with Crippen LogP contribution in [-0.4, -0.2) is 41.3 Å². The minimum absolute atomic E-state index is 0.0378. The van der Waals surface area contributed by atoms with Crippen LogP contribution >= 0.6 is 0 Å². The molecular weight excluding hydrogens is 392 g/mol. The first-order chi connectivity index (χ1) is 13.9. The number of aromatic hydroxyl groups is 1. The van der Waals surface area contributed by atoms with Gasteiger partial charge in [0.2, 0.25) is 10.0 Å². The Morgan fingerprint density at radius 3 is 2.72 bits per heavy atom. The normalized spacial score (nSPS) is 14.9. The van der Waals surface area contributed by atoms with Gasteiger partial charge in [-0.05, 0) is 49.1 Å². The van der Waals surface area contributed by atoms with Crippen LogP contribution in [0.1, 0.15) is 25.7 Å². The number of hydrogen-bond donors (Lipinski definition) is 2. The average molecular weight is 414 g/mol. The number of hydrogen-bond acceptors (Lipinski definition) is 7. The Bertz CT molecular complexity index is 1140. The Kier molecular flexibility index (Phi) is 5.23. The molecule has 0 unspecified atom stereocenters. The maximum Gasteiger partial charge on any atom is 0.234 e. The number of aromatic nitrogens is 3. The van der Waals surface area contributed by atoms with Gasteiger partial charge in [0.15, 0.2) is 23.0 Å². The molecule has 29 heavy (non-hydrogen) atoms. The van der Waals surface area contributed by atoms with Crippen LogP contribution in [0.5, 0.6) is 11.5 Å². The van der Waals surface area contributed by atoms with E-state index in [0.717, 1.165) is 31.2 Å². The third-order valence-corrected chi connectivity index (χ3v) is 6.50. The van der Waals surface area contributed by atoms with E-state index in [2.05, 4.69) is 19.7 Å². The molecule has 8 nitrogen and oxygen atoms in total. The van der Waals surface area contributed by atoms with Gasteiger partial charge in [-0.2, -0.15) is 0 Å². The van der Waals surface area contributed by atoms with Crippen molar-refractivity contribution in [3.63, 3.8) is 0 Å². The molecule has 0 aliphatic heterocycles. The quantitative estimate of drug-likeness (QED) is 0.636. The zero-order valence-electron chi connectivity index (χ0n) is 16.0. The van der Waals surface area contributed by atoms with Crippen molar-refractivity contribution in [2.45, 2.75) is 25.7 Å². The van der Waals surface area contributed by atoms with E-state index in [1.165, 1.54) is 19.4 Å². The van der Waals surface area contributed by atoms with Crippen LogP contribution in [0.15, 0.2) is 36.5 Å². The molecule has 9 heteroatoms. The third kappa shape index (κ3) is 4.40. The third-order valence-electron chi connectivity index (χ3n) is 5.07. The Morgan fingerprint density at radius 1 is 1.17 bits per heavy atom. The van der Waals surface area contributed by atoms with Crippen LogP contribution in [0.4, 0.5) is 5.82 Å². The minimum atomic E-state index is -3.49. The first kappa shape index (κ1) is 19.4. The van der Waals surface area contributed by atoms with Gasteiger partial charge in [0.1, 0.15) is 5.52 Å². The molecule has 0 radical (unpaired) electrons. The summed E-state index contributed by atoms with van der Waals surface area (Å²) in [5, 5.41) is 9.77. The second-order valence-corrected chi connectivity index (χ2v) is 8.98. The number of pyridine rings is 1. The number of phenols is 1. The lowest BCUT2D eigenvalue weighted by atomic mass is 10.1. The summed E-state index contributed by atoms with van der Waals surface area (Å²) < 4.78 is 32.6. The highest BCUT2D eigenvalue weighted by Gasteiger charge is 2.23. The maximum atomic E-state index is 12.4. The number of ether oxygens (including phenoxy) is 1. The van der Waals surface area contributed by atoms with E-state index in [1.54, 1.807) is 24.3 Å². The number of phenolic OH excluding ortho intramolecular Hbond substituents is 1.